The molecule has 0 bridgehead atoms. The lowest BCUT2D eigenvalue weighted by Gasteiger charge is -2.11. The maximum absolute atomic E-state index is 9.44. The molecule has 3 aromatic carbocycles. The van der Waals surface area contributed by atoms with E-state index in [-0.39, 0.29) is 0 Å². The van der Waals surface area contributed by atoms with Gasteiger partial charge in [0.1, 0.15) is 0 Å². The third-order valence-electron chi connectivity index (χ3n) is 3.08. The van der Waals surface area contributed by atoms with Gasteiger partial charge in [-0.15, -0.1) is 0 Å². The van der Waals surface area contributed by atoms with Crippen LogP contribution in [0.25, 0.3) is 21.5 Å². The number of fused-ring (bicyclic) bond motifs is 3. The van der Waals surface area contributed by atoms with Crippen LogP contribution in [0.3, 0.4) is 0 Å². The third-order valence-corrected chi connectivity index (χ3v) is 3.08. The first-order chi connectivity index (χ1) is 8.27. The van der Waals surface area contributed by atoms with Crippen LogP contribution >= 0.6 is 0 Å². The predicted molar refractivity (Wildman–Crippen MR) is 68.6 cm³/mol. The van der Waals surface area contributed by atoms with Crippen molar-refractivity contribution in [3.05, 3.63) is 60.2 Å². The van der Waals surface area contributed by atoms with Crippen molar-refractivity contribution in [3.63, 3.8) is 0 Å². The van der Waals surface area contributed by atoms with Crippen LogP contribution in [-0.2, 0) is 0 Å². The minimum atomic E-state index is -1.44. The van der Waals surface area contributed by atoms with E-state index in [1.54, 1.807) is 6.07 Å². The average molecular weight is 224 g/mol. The first kappa shape index (κ1) is 10.3. The smallest absolute Gasteiger partial charge is 0.179 e. The van der Waals surface area contributed by atoms with Crippen molar-refractivity contribution in [1.82, 2.24) is 0 Å². The Morgan fingerprint density at radius 2 is 1.41 bits per heavy atom. The zero-order chi connectivity index (χ0) is 11.8. The topological polar surface area (TPSA) is 40.5 Å². The monoisotopic (exact) mass is 224 g/mol. The Morgan fingerprint density at radius 1 is 0.706 bits per heavy atom. The summed E-state index contributed by atoms with van der Waals surface area (Å²) in [6.07, 6.45) is -1.44. The molecule has 0 amide bonds. The standard InChI is InChI=1S/C15H12O2/c16-15(17)13-7-3-5-11-9-8-10-4-1-2-6-12(10)14(11)13/h1-9,15-17H. The summed E-state index contributed by atoms with van der Waals surface area (Å²) >= 11 is 0. The summed E-state index contributed by atoms with van der Waals surface area (Å²) in [4.78, 5) is 0. The Balaban J connectivity index is 2.54. The van der Waals surface area contributed by atoms with Gasteiger partial charge in [0.2, 0.25) is 0 Å². The Bertz CT molecular complexity index is 687. The molecule has 0 saturated carbocycles. The fourth-order valence-corrected chi connectivity index (χ4v) is 2.30. The summed E-state index contributed by atoms with van der Waals surface area (Å²) in [7, 11) is 0. The highest BCUT2D eigenvalue weighted by Crippen LogP contribution is 2.30. The maximum Gasteiger partial charge on any atom is 0.179 e. The molecule has 0 heterocycles. The molecule has 2 N–H and O–H groups in total. The van der Waals surface area contributed by atoms with E-state index in [0.29, 0.717) is 5.56 Å². The van der Waals surface area contributed by atoms with Gasteiger partial charge >= 0.3 is 0 Å². The van der Waals surface area contributed by atoms with Crippen molar-refractivity contribution < 1.29 is 10.2 Å². The Labute approximate surface area is 98.7 Å². The summed E-state index contributed by atoms with van der Waals surface area (Å²) in [5.74, 6) is 0. The van der Waals surface area contributed by atoms with E-state index in [0.717, 1.165) is 21.5 Å². The summed E-state index contributed by atoms with van der Waals surface area (Å²) < 4.78 is 0. The van der Waals surface area contributed by atoms with Crippen molar-refractivity contribution in [3.8, 4) is 0 Å². The summed E-state index contributed by atoms with van der Waals surface area (Å²) in [5, 5.41) is 23.0. The van der Waals surface area contributed by atoms with E-state index in [9.17, 15) is 10.2 Å². The molecule has 2 heteroatoms. The molecule has 0 aliphatic carbocycles. The molecule has 0 spiro atoms. The van der Waals surface area contributed by atoms with Gasteiger partial charge in [0.25, 0.3) is 0 Å². The van der Waals surface area contributed by atoms with Crippen molar-refractivity contribution >= 4 is 21.5 Å². The fourth-order valence-electron chi connectivity index (χ4n) is 2.30. The van der Waals surface area contributed by atoms with Crippen LogP contribution < -0.4 is 0 Å². The van der Waals surface area contributed by atoms with Crippen LogP contribution in [0.5, 0.6) is 0 Å². The van der Waals surface area contributed by atoms with Gasteiger partial charge in [0.15, 0.2) is 6.29 Å². The van der Waals surface area contributed by atoms with Crippen molar-refractivity contribution in [2.75, 3.05) is 0 Å². The molecule has 17 heavy (non-hydrogen) atoms. The van der Waals surface area contributed by atoms with Crippen molar-refractivity contribution in [2.24, 2.45) is 0 Å². The first-order valence-corrected chi connectivity index (χ1v) is 5.54. The second kappa shape index (κ2) is 3.84. The van der Waals surface area contributed by atoms with Gasteiger partial charge in [-0.1, -0.05) is 54.6 Å². The highest BCUT2D eigenvalue weighted by molar-refractivity contribution is 6.09. The highest BCUT2D eigenvalue weighted by atomic mass is 16.5. The molecule has 3 aromatic rings. The summed E-state index contributed by atoms with van der Waals surface area (Å²) in [6.45, 7) is 0. The van der Waals surface area contributed by atoms with E-state index in [4.69, 9.17) is 0 Å². The normalized spacial score (nSPS) is 11.5. The molecule has 0 atom stereocenters. The molecule has 0 saturated heterocycles. The van der Waals surface area contributed by atoms with Crippen LogP contribution in [0.1, 0.15) is 11.9 Å². The van der Waals surface area contributed by atoms with E-state index in [2.05, 4.69) is 0 Å². The number of aliphatic hydroxyl groups is 2. The molecule has 0 aromatic heterocycles. The van der Waals surface area contributed by atoms with Gasteiger partial charge < -0.3 is 10.2 Å². The third kappa shape index (κ3) is 1.58. The number of hydrogen-bond donors (Lipinski definition) is 2. The van der Waals surface area contributed by atoms with Crippen LogP contribution in [0.2, 0.25) is 0 Å². The largest absolute Gasteiger partial charge is 0.364 e. The van der Waals surface area contributed by atoms with E-state index >= 15 is 0 Å². The zero-order valence-electron chi connectivity index (χ0n) is 9.17. The summed E-state index contributed by atoms with van der Waals surface area (Å²) in [6, 6.07) is 17.6. The number of aliphatic hydroxyl groups excluding tert-OH is 1. The lowest BCUT2D eigenvalue weighted by molar-refractivity contribution is -0.0412. The van der Waals surface area contributed by atoms with Crippen LogP contribution in [0.4, 0.5) is 0 Å². The lowest BCUT2D eigenvalue weighted by Crippen LogP contribution is -1.96. The van der Waals surface area contributed by atoms with Gasteiger partial charge in [0.05, 0.1) is 0 Å². The molecule has 0 aliphatic heterocycles. The quantitative estimate of drug-likeness (QED) is 0.493. The number of hydrogen-bond acceptors (Lipinski definition) is 2. The van der Waals surface area contributed by atoms with Gasteiger partial charge in [-0.05, 0) is 21.5 Å². The fraction of sp³-hybridized carbons (Fsp3) is 0.0667. The van der Waals surface area contributed by atoms with Crippen molar-refractivity contribution in [2.45, 2.75) is 6.29 Å². The Kier molecular flexibility index (Phi) is 2.32. The van der Waals surface area contributed by atoms with Gasteiger partial charge in [-0.3, -0.25) is 0 Å². The molecule has 84 valence electrons. The Hall–Kier alpha value is -1.90. The molecule has 0 fully saturated rings. The molecule has 0 radical (unpaired) electrons. The van der Waals surface area contributed by atoms with E-state index in [1.807, 2.05) is 48.5 Å². The second-order valence-electron chi connectivity index (χ2n) is 4.11. The average Bonchev–Trinajstić information content (AvgIpc) is 2.37. The SMILES string of the molecule is OC(O)c1cccc2ccc3ccccc3c12. The zero-order valence-corrected chi connectivity index (χ0v) is 9.17. The first-order valence-electron chi connectivity index (χ1n) is 5.54. The predicted octanol–water partition coefficient (Wildman–Crippen LogP) is 2.98. The van der Waals surface area contributed by atoms with Gasteiger partial charge in [0, 0.05) is 5.56 Å². The van der Waals surface area contributed by atoms with Crippen LogP contribution in [0.15, 0.2) is 54.6 Å². The molecule has 2 nitrogen and oxygen atoms in total. The highest BCUT2D eigenvalue weighted by Gasteiger charge is 2.09. The molecule has 0 aliphatic rings. The second-order valence-corrected chi connectivity index (χ2v) is 4.11. The Morgan fingerprint density at radius 3 is 2.24 bits per heavy atom. The molecule has 3 rings (SSSR count). The summed E-state index contributed by atoms with van der Waals surface area (Å²) in [5.41, 5.74) is 0.555. The van der Waals surface area contributed by atoms with E-state index < -0.39 is 6.29 Å². The minimum absolute atomic E-state index is 0.555. The van der Waals surface area contributed by atoms with Gasteiger partial charge in [-0.25, -0.2) is 0 Å². The van der Waals surface area contributed by atoms with Gasteiger partial charge in [-0.2, -0.15) is 0 Å². The molecule has 0 unspecified atom stereocenters. The van der Waals surface area contributed by atoms with E-state index in [1.165, 1.54) is 0 Å². The minimum Gasteiger partial charge on any atom is -0.364 e. The lowest BCUT2D eigenvalue weighted by atomic mass is 9.97. The van der Waals surface area contributed by atoms with Crippen molar-refractivity contribution in [1.29, 1.82) is 0 Å². The molecular formula is C15H12O2. The van der Waals surface area contributed by atoms with Crippen LogP contribution in [-0.4, -0.2) is 10.2 Å². The number of rotatable bonds is 1. The number of benzene rings is 3. The van der Waals surface area contributed by atoms with Crippen LogP contribution in [0, 0.1) is 0 Å². The molecular weight excluding hydrogens is 212 g/mol. The maximum atomic E-state index is 9.44.